The first-order chi connectivity index (χ1) is 16.2. The minimum Gasteiger partial charge on any atom is -0.479 e. The van der Waals surface area contributed by atoms with Crippen molar-refractivity contribution in [2.24, 2.45) is 0 Å². The second kappa shape index (κ2) is 11.1. The molecule has 188 valence electrons. The Hall–Kier alpha value is -3.71. The lowest BCUT2D eigenvalue weighted by Gasteiger charge is -2.15. The summed E-state index contributed by atoms with van der Waals surface area (Å²) in [6, 6.07) is 5.31. The number of alkyl halides is 3. The second-order valence-electron chi connectivity index (χ2n) is 6.97. The van der Waals surface area contributed by atoms with Crippen LogP contribution in [0.3, 0.4) is 0 Å². The number of nitrogens with zero attached hydrogens (tertiary/aromatic N) is 1. The molecule has 2 atom stereocenters. The maximum absolute atomic E-state index is 12.8. The molecule has 14 heteroatoms. The molecule has 0 saturated carbocycles. The number of Topliss-reactive ketones (excluding diaryl/α,β-unsaturated/α-hetero) is 1. The summed E-state index contributed by atoms with van der Waals surface area (Å²) in [5, 5.41) is 19.7. The Morgan fingerprint density at radius 2 is 1.77 bits per heavy atom. The van der Waals surface area contributed by atoms with Gasteiger partial charge in [-0.2, -0.15) is 13.2 Å². The summed E-state index contributed by atoms with van der Waals surface area (Å²) >= 11 is 5.84. The van der Waals surface area contributed by atoms with Gasteiger partial charge in [0.15, 0.2) is 18.0 Å². The maximum atomic E-state index is 12.8. The number of nitro benzene ring substituents is 1. The van der Waals surface area contributed by atoms with E-state index in [1.807, 2.05) is 0 Å². The predicted octanol–water partition coefficient (Wildman–Crippen LogP) is 4.66. The van der Waals surface area contributed by atoms with Crippen LogP contribution in [0, 0.1) is 10.1 Å². The van der Waals surface area contributed by atoms with Gasteiger partial charge in [-0.15, -0.1) is 0 Å². The van der Waals surface area contributed by atoms with E-state index in [0.29, 0.717) is 6.07 Å². The number of carbonyl (C=O) groups is 3. The molecule has 35 heavy (non-hydrogen) atoms. The Kier molecular flexibility index (Phi) is 8.77. The first-order valence-electron chi connectivity index (χ1n) is 9.61. The van der Waals surface area contributed by atoms with Crippen LogP contribution in [-0.2, 0) is 25.2 Å². The van der Waals surface area contributed by atoms with E-state index in [2.05, 4.69) is 4.74 Å². The average Bonchev–Trinajstić information content (AvgIpc) is 2.77. The Bertz CT molecular complexity index is 1150. The molecule has 10 nitrogen and oxygen atoms in total. The highest BCUT2D eigenvalue weighted by atomic mass is 35.5. The Labute approximate surface area is 200 Å². The lowest BCUT2D eigenvalue weighted by Crippen LogP contribution is -2.32. The summed E-state index contributed by atoms with van der Waals surface area (Å²) in [5.74, 6) is -3.76. The molecule has 2 aromatic rings. The van der Waals surface area contributed by atoms with Gasteiger partial charge in [-0.3, -0.25) is 14.9 Å². The lowest BCUT2D eigenvalue weighted by molar-refractivity contribution is -0.385. The molecule has 0 fully saturated rings. The van der Waals surface area contributed by atoms with Gasteiger partial charge in [-0.25, -0.2) is 9.59 Å². The number of benzene rings is 2. The highest BCUT2D eigenvalue weighted by molar-refractivity contribution is 6.32. The normalized spacial score (nSPS) is 13.0. The number of esters is 1. The monoisotopic (exact) mass is 519 g/mol. The van der Waals surface area contributed by atoms with Gasteiger partial charge < -0.3 is 19.3 Å². The molecule has 0 radical (unpaired) electrons. The van der Waals surface area contributed by atoms with Crippen LogP contribution in [0.2, 0.25) is 5.02 Å². The van der Waals surface area contributed by atoms with Crippen LogP contribution in [0.25, 0.3) is 0 Å². The fourth-order valence-corrected chi connectivity index (χ4v) is 2.73. The third-order valence-corrected chi connectivity index (χ3v) is 4.68. The summed E-state index contributed by atoms with van der Waals surface area (Å²) in [6.45, 7) is 1.48. The van der Waals surface area contributed by atoms with E-state index < -0.39 is 69.5 Å². The van der Waals surface area contributed by atoms with Crippen molar-refractivity contribution in [1.29, 1.82) is 0 Å². The summed E-state index contributed by atoms with van der Waals surface area (Å²) in [6.07, 6.45) is -7.47. The molecule has 0 heterocycles. The van der Waals surface area contributed by atoms with Gasteiger partial charge in [0, 0.05) is 6.07 Å². The van der Waals surface area contributed by atoms with Crippen molar-refractivity contribution in [2.45, 2.75) is 32.2 Å². The Morgan fingerprint density at radius 1 is 1.11 bits per heavy atom. The molecule has 1 N–H and O–H groups in total. The highest BCUT2D eigenvalue weighted by Crippen LogP contribution is 2.37. The van der Waals surface area contributed by atoms with Gasteiger partial charge in [-0.1, -0.05) is 11.6 Å². The summed E-state index contributed by atoms with van der Waals surface area (Å²) < 4.78 is 53.4. The van der Waals surface area contributed by atoms with Crippen molar-refractivity contribution in [2.75, 3.05) is 6.61 Å². The van der Waals surface area contributed by atoms with Gasteiger partial charge in [-0.05, 0) is 44.2 Å². The lowest BCUT2D eigenvalue weighted by atomic mass is 10.1. The van der Waals surface area contributed by atoms with Crippen molar-refractivity contribution in [1.82, 2.24) is 0 Å². The van der Waals surface area contributed by atoms with Crippen LogP contribution in [0.15, 0.2) is 36.4 Å². The molecule has 0 aliphatic carbocycles. The number of carboxylic acids is 1. The number of hydrogen-bond donors (Lipinski definition) is 1. The van der Waals surface area contributed by atoms with Crippen molar-refractivity contribution < 1.29 is 51.8 Å². The number of ketones is 1. The largest absolute Gasteiger partial charge is 0.479 e. The van der Waals surface area contributed by atoms with Crippen LogP contribution >= 0.6 is 11.6 Å². The fourth-order valence-electron chi connectivity index (χ4n) is 2.52. The van der Waals surface area contributed by atoms with Crippen molar-refractivity contribution in [3.8, 4) is 11.5 Å². The number of ether oxygens (including phenoxy) is 3. The van der Waals surface area contributed by atoms with E-state index >= 15 is 0 Å². The molecule has 2 unspecified atom stereocenters. The number of nitro groups is 1. The molecule has 2 rings (SSSR count). The maximum Gasteiger partial charge on any atom is 0.416 e. The molecule has 0 bridgehead atoms. The fraction of sp³-hybridized carbons (Fsp3) is 0.286. The van der Waals surface area contributed by atoms with E-state index in [1.165, 1.54) is 6.92 Å². The van der Waals surface area contributed by atoms with Crippen LogP contribution < -0.4 is 4.74 Å². The quantitative estimate of drug-likeness (QED) is 0.205. The molecule has 0 saturated heterocycles. The Balaban J connectivity index is 2.20. The summed E-state index contributed by atoms with van der Waals surface area (Å²) in [5.41, 5.74) is -2.12. The Morgan fingerprint density at radius 3 is 2.31 bits per heavy atom. The molecule has 0 aliphatic rings. The van der Waals surface area contributed by atoms with Crippen molar-refractivity contribution in [3.63, 3.8) is 0 Å². The smallest absolute Gasteiger partial charge is 0.416 e. The standard InChI is InChI=1S/C21H17ClF3NO9/c1-10(19(28)29)34-20(30)11(2)33-9-17(27)14-8-13(4-5-16(14)26(31)32)35-18-6-3-12(7-15(18)22)21(23,24)25/h3-8,10-11H,9H2,1-2H3,(H,28,29). The first kappa shape index (κ1) is 27.5. The van der Waals surface area contributed by atoms with Gasteiger partial charge in [0.2, 0.25) is 0 Å². The molecule has 0 aliphatic heterocycles. The van der Waals surface area contributed by atoms with Gasteiger partial charge in [0.1, 0.15) is 23.7 Å². The third-order valence-electron chi connectivity index (χ3n) is 4.39. The summed E-state index contributed by atoms with van der Waals surface area (Å²) in [4.78, 5) is 45.6. The number of halogens is 4. The predicted molar refractivity (Wildman–Crippen MR) is 113 cm³/mol. The van der Waals surface area contributed by atoms with Crippen molar-refractivity contribution in [3.05, 3.63) is 62.7 Å². The minimum atomic E-state index is -4.63. The van der Waals surface area contributed by atoms with Crippen LogP contribution in [0.4, 0.5) is 18.9 Å². The topological polar surface area (TPSA) is 142 Å². The number of hydrogen-bond acceptors (Lipinski definition) is 8. The first-order valence-corrected chi connectivity index (χ1v) is 9.99. The van der Waals surface area contributed by atoms with Gasteiger partial charge in [0.05, 0.1) is 15.5 Å². The second-order valence-corrected chi connectivity index (χ2v) is 7.38. The zero-order chi connectivity index (χ0) is 26.5. The molecule has 0 spiro atoms. The molecular formula is C21H17ClF3NO9. The molecule has 0 amide bonds. The van der Waals surface area contributed by atoms with Crippen LogP contribution in [-0.4, -0.2) is 46.6 Å². The van der Waals surface area contributed by atoms with E-state index in [1.54, 1.807) is 0 Å². The van der Waals surface area contributed by atoms with Crippen molar-refractivity contribution >= 4 is 35.0 Å². The number of rotatable bonds is 10. The molecular weight excluding hydrogens is 503 g/mol. The minimum absolute atomic E-state index is 0.150. The van der Waals surface area contributed by atoms with Gasteiger partial charge in [0.25, 0.3) is 5.69 Å². The highest BCUT2D eigenvalue weighted by Gasteiger charge is 2.31. The third kappa shape index (κ3) is 7.39. The van der Waals surface area contributed by atoms with Gasteiger partial charge >= 0.3 is 18.1 Å². The SMILES string of the molecule is CC(OC(=O)C(C)OCC(=O)c1cc(Oc2ccc(C(F)(F)F)cc2Cl)ccc1[N+](=O)[O-])C(=O)O. The number of aliphatic carboxylic acids is 1. The zero-order valence-corrected chi connectivity index (χ0v) is 18.8. The van der Waals surface area contributed by atoms with E-state index in [9.17, 15) is 37.7 Å². The number of carboxylic acid groups (broad SMARTS) is 1. The zero-order valence-electron chi connectivity index (χ0n) is 18.0. The van der Waals surface area contributed by atoms with E-state index in [4.69, 9.17) is 26.2 Å². The van der Waals surface area contributed by atoms with E-state index in [-0.39, 0.29) is 11.5 Å². The number of carbonyl (C=O) groups excluding carboxylic acids is 2. The van der Waals surface area contributed by atoms with Crippen LogP contribution in [0.1, 0.15) is 29.8 Å². The average molecular weight is 520 g/mol. The van der Waals surface area contributed by atoms with Crippen LogP contribution in [0.5, 0.6) is 11.5 Å². The van der Waals surface area contributed by atoms with E-state index in [0.717, 1.165) is 37.3 Å². The molecule has 0 aromatic heterocycles. The summed E-state index contributed by atoms with van der Waals surface area (Å²) in [7, 11) is 0. The molecule has 2 aromatic carbocycles.